The molecule has 112 valence electrons. The van der Waals surface area contributed by atoms with Crippen molar-refractivity contribution in [1.29, 1.82) is 0 Å². The number of aryl methyl sites for hydroxylation is 1. The lowest BCUT2D eigenvalue weighted by Gasteiger charge is -2.15. The van der Waals surface area contributed by atoms with Gasteiger partial charge in [0, 0.05) is 12.6 Å². The van der Waals surface area contributed by atoms with Gasteiger partial charge >= 0.3 is 0 Å². The van der Waals surface area contributed by atoms with E-state index in [9.17, 15) is 4.79 Å². The Bertz CT molecular complexity index is 442. The molecule has 1 amide bonds. The number of amides is 1. The van der Waals surface area contributed by atoms with Gasteiger partial charge in [0.1, 0.15) is 5.75 Å². The average Bonchev–Trinajstić information content (AvgIpc) is 2.35. The third kappa shape index (κ3) is 5.61. The molecule has 0 radical (unpaired) electrons. The Hall–Kier alpha value is -1.55. The van der Waals surface area contributed by atoms with E-state index in [1.165, 1.54) is 0 Å². The summed E-state index contributed by atoms with van der Waals surface area (Å²) < 4.78 is 5.70. The minimum atomic E-state index is -0.0892. The summed E-state index contributed by atoms with van der Waals surface area (Å²) in [6, 6.07) is 6.02. The van der Waals surface area contributed by atoms with Crippen LogP contribution < -0.4 is 15.8 Å². The number of para-hydroxylation sites is 1. The summed E-state index contributed by atoms with van der Waals surface area (Å²) in [6.45, 7) is 8.77. The maximum atomic E-state index is 11.7. The number of nitrogens with two attached hydrogens (primary N) is 1. The van der Waals surface area contributed by atoms with Crippen LogP contribution in [0.3, 0.4) is 0 Å². The lowest BCUT2D eigenvalue weighted by molar-refractivity contribution is -0.123. The van der Waals surface area contributed by atoms with Crippen molar-refractivity contribution in [3.05, 3.63) is 29.3 Å². The number of carbonyl (C=O) groups excluding carboxylic acids is 1. The number of rotatable bonds is 7. The third-order valence-electron chi connectivity index (χ3n) is 2.89. The zero-order chi connectivity index (χ0) is 15.1. The second kappa shape index (κ2) is 7.90. The quantitative estimate of drug-likeness (QED) is 0.802. The van der Waals surface area contributed by atoms with E-state index in [2.05, 4.69) is 19.2 Å². The number of hydrogen-bond donors (Lipinski definition) is 2. The van der Waals surface area contributed by atoms with Crippen LogP contribution in [-0.2, 0) is 11.2 Å². The fraction of sp³-hybridized carbons (Fsp3) is 0.562. The van der Waals surface area contributed by atoms with Gasteiger partial charge in [-0.05, 0) is 37.3 Å². The molecule has 0 saturated carbocycles. The molecule has 1 aromatic rings. The molecule has 0 aliphatic rings. The van der Waals surface area contributed by atoms with E-state index in [0.717, 1.165) is 23.3 Å². The Kier molecular flexibility index (Phi) is 6.52. The topological polar surface area (TPSA) is 64.3 Å². The maximum Gasteiger partial charge on any atom is 0.257 e. The summed E-state index contributed by atoms with van der Waals surface area (Å²) in [5.41, 5.74) is 7.93. The van der Waals surface area contributed by atoms with Gasteiger partial charge in [-0.3, -0.25) is 4.79 Å². The number of hydrogen-bond acceptors (Lipinski definition) is 3. The van der Waals surface area contributed by atoms with Crippen LogP contribution >= 0.6 is 0 Å². The molecule has 4 nitrogen and oxygen atoms in total. The Balaban J connectivity index is 2.64. The zero-order valence-corrected chi connectivity index (χ0v) is 12.9. The van der Waals surface area contributed by atoms with Crippen LogP contribution in [0, 0.1) is 12.8 Å². The van der Waals surface area contributed by atoms with Crippen LogP contribution in [0.15, 0.2) is 18.2 Å². The molecule has 0 saturated heterocycles. The first kappa shape index (κ1) is 16.5. The molecule has 0 aromatic heterocycles. The second-order valence-corrected chi connectivity index (χ2v) is 5.73. The van der Waals surface area contributed by atoms with E-state index in [1.807, 2.05) is 32.0 Å². The molecule has 0 aliphatic carbocycles. The van der Waals surface area contributed by atoms with Crippen molar-refractivity contribution in [2.24, 2.45) is 11.7 Å². The summed E-state index contributed by atoms with van der Waals surface area (Å²) in [7, 11) is 0. The van der Waals surface area contributed by atoms with Crippen molar-refractivity contribution < 1.29 is 9.53 Å². The summed E-state index contributed by atoms with van der Waals surface area (Å²) in [6.07, 6.45) is 0.741. The number of ether oxygens (including phenoxy) is 1. The second-order valence-electron chi connectivity index (χ2n) is 5.73. The Morgan fingerprint density at radius 2 is 2.05 bits per heavy atom. The highest BCUT2D eigenvalue weighted by Gasteiger charge is 2.11. The molecule has 1 unspecified atom stereocenters. The molecular formula is C16H26N2O2. The molecule has 3 N–H and O–H groups in total. The smallest absolute Gasteiger partial charge is 0.257 e. The molecule has 0 bridgehead atoms. The number of nitrogens with one attached hydrogen (secondary N) is 1. The van der Waals surface area contributed by atoms with Crippen LogP contribution in [0.5, 0.6) is 5.75 Å². The molecule has 0 fully saturated rings. The van der Waals surface area contributed by atoms with Crippen LogP contribution in [0.4, 0.5) is 0 Å². The predicted molar refractivity (Wildman–Crippen MR) is 81.9 cm³/mol. The SMILES string of the molecule is Cc1cccc(CC(C)N)c1OCC(=O)NCC(C)C. The van der Waals surface area contributed by atoms with Gasteiger partial charge in [-0.25, -0.2) is 0 Å². The van der Waals surface area contributed by atoms with E-state index in [1.54, 1.807) is 0 Å². The largest absolute Gasteiger partial charge is 0.483 e. The van der Waals surface area contributed by atoms with Crippen molar-refractivity contribution >= 4 is 5.91 Å². The Morgan fingerprint density at radius 3 is 2.65 bits per heavy atom. The molecule has 0 heterocycles. The van der Waals surface area contributed by atoms with Gasteiger partial charge < -0.3 is 15.8 Å². The van der Waals surface area contributed by atoms with Crippen molar-refractivity contribution in [2.75, 3.05) is 13.2 Å². The molecule has 0 aliphatic heterocycles. The van der Waals surface area contributed by atoms with Gasteiger partial charge in [0.15, 0.2) is 6.61 Å². The number of benzene rings is 1. The molecule has 1 atom stereocenters. The Morgan fingerprint density at radius 1 is 1.35 bits per heavy atom. The summed E-state index contributed by atoms with van der Waals surface area (Å²) >= 11 is 0. The van der Waals surface area contributed by atoms with Crippen molar-refractivity contribution in [3.63, 3.8) is 0 Å². The minimum Gasteiger partial charge on any atom is -0.483 e. The molecule has 20 heavy (non-hydrogen) atoms. The van der Waals surface area contributed by atoms with E-state index >= 15 is 0 Å². The van der Waals surface area contributed by atoms with Gasteiger partial charge in [0.25, 0.3) is 5.91 Å². The highest BCUT2D eigenvalue weighted by Crippen LogP contribution is 2.24. The maximum absolute atomic E-state index is 11.7. The van der Waals surface area contributed by atoms with E-state index in [-0.39, 0.29) is 18.6 Å². The van der Waals surface area contributed by atoms with E-state index in [4.69, 9.17) is 10.5 Å². The van der Waals surface area contributed by atoms with Gasteiger partial charge in [-0.2, -0.15) is 0 Å². The first-order chi connectivity index (χ1) is 9.40. The lowest BCUT2D eigenvalue weighted by atomic mass is 10.0. The molecule has 4 heteroatoms. The normalized spacial score (nSPS) is 12.3. The van der Waals surface area contributed by atoms with Crippen LogP contribution in [-0.4, -0.2) is 25.1 Å². The standard InChI is InChI=1S/C16H26N2O2/c1-11(2)9-18-15(19)10-20-16-12(3)6-5-7-14(16)8-13(4)17/h5-7,11,13H,8-10,17H2,1-4H3,(H,18,19). The summed E-state index contributed by atoms with van der Waals surface area (Å²) in [5.74, 6) is 1.13. The van der Waals surface area contributed by atoms with Crippen molar-refractivity contribution in [2.45, 2.75) is 40.2 Å². The predicted octanol–water partition coefficient (Wildman–Crippen LogP) is 2.04. The molecule has 1 rings (SSSR count). The minimum absolute atomic E-state index is 0.0452. The van der Waals surface area contributed by atoms with Gasteiger partial charge in [0.2, 0.25) is 0 Å². The highest BCUT2D eigenvalue weighted by atomic mass is 16.5. The van der Waals surface area contributed by atoms with E-state index < -0.39 is 0 Å². The zero-order valence-electron chi connectivity index (χ0n) is 12.9. The summed E-state index contributed by atoms with van der Waals surface area (Å²) in [5, 5.41) is 2.84. The van der Waals surface area contributed by atoms with Gasteiger partial charge in [-0.1, -0.05) is 32.0 Å². The first-order valence-corrected chi connectivity index (χ1v) is 7.13. The fourth-order valence-corrected chi connectivity index (χ4v) is 1.93. The van der Waals surface area contributed by atoms with E-state index in [0.29, 0.717) is 12.5 Å². The third-order valence-corrected chi connectivity index (χ3v) is 2.89. The number of carbonyl (C=O) groups is 1. The summed E-state index contributed by atoms with van der Waals surface area (Å²) in [4.78, 5) is 11.7. The monoisotopic (exact) mass is 278 g/mol. The van der Waals surface area contributed by atoms with Gasteiger partial charge in [0.05, 0.1) is 0 Å². The van der Waals surface area contributed by atoms with Crippen LogP contribution in [0.2, 0.25) is 0 Å². The molecular weight excluding hydrogens is 252 g/mol. The first-order valence-electron chi connectivity index (χ1n) is 7.13. The fourth-order valence-electron chi connectivity index (χ4n) is 1.93. The van der Waals surface area contributed by atoms with Crippen LogP contribution in [0.25, 0.3) is 0 Å². The Labute approximate surface area is 121 Å². The van der Waals surface area contributed by atoms with Crippen molar-refractivity contribution in [3.8, 4) is 5.75 Å². The molecule has 0 spiro atoms. The van der Waals surface area contributed by atoms with Crippen molar-refractivity contribution in [1.82, 2.24) is 5.32 Å². The van der Waals surface area contributed by atoms with Gasteiger partial charge in [-0.15, -0.1) is 0 Å². The lowest BCUT2D eigenvalue weighted by Crippen LogP contribution is -2.32. The molecule has 1 aromatic carbocycles. The average molecular weight is 278 g/mol. The highest BCUT2D eigenvalue weighted by molar-refractivity contribution is 5.77. The van der Waals surface area contributed by atoms with Crippen LogP contribution in [0.1, 0.15) is 31.9 Å².